The second kappa shape index (κ2) is 7.74. The summed E-state index contributed by atoms with van der Waals surface area (Å²) >= 11 is 5.96. The van der Waals surface area contributed by atoms with Crippen molar-refractivity contribution >= 4 is 23.4 Å². The minimum Gasteiger partial charge on any atom is -0.507 e. The average molecular weight is 377 g/mol. The first-order chi connectivity index (χ1) is 12.5. The van der Waals surface area contributed by atoms with Crippen molar-refractivity contribution in [3.8, 4) is 5.75 Å². The number of nitrogens with one attached hydrogen (secondary N) is 1. The minimum absolute atomic E-state index is 0.0770. The van der Waals surface area contributed by atoms with Crippen molar-refractivity contribution in [2.75, 3.05) is 13.1 Å². The maximum absolute atomic E-state index is 13.9. The van der Waals surface area contributed by atoms with Crippen molar-refractivity contribution in [3.05, 3.63) is 64.4 Å². The van der Waals surface area contributed by atoms with E-state index in [-0.39, 0.29) is 33.8 Å². The normalized spacial score (nSPS) is 14.9. The SMILES string of the molecule is O=C(NC1CCN(C(=O)c2c(F)cccc2Cl)CC1)c1ccccc1O. The molecule has 1 saturated heterocycles. The number of piperidine rings is 1. The lowest BCUT2D eigenvalue weighted by molar-refractivity contribution is 0.0694. The molecule has 2 amide bonds. The largest absolute Gasteiger partial charge is 0.507 e. The van der Waals surface area contributed by atoms with Gasteiger partial charge in [-0.2, -0.15) is 0 Å². The number of phenols is 1. The number of para-hydroxylation sites is 1. The number of carbonyl (C=O) groups is 2. The Hall–Kier alpha value is -2.60. The van der Waals surface area contributed by atoms with Crippen molar-refractivity contribution in [3.63, 3.8) is 0 Å². The number of hydrogen-bond acceptors (Lipinski definition) is 3. The van der Waals surface area contributed by atoms with Crippen molar-refractivity contribution in [2.24, 2.45) is 0 Å². The Bertz CT molecular complexity index is 815. The zero-order valence-electron chi connectivity index (χ0n) is 13.9. The van der Waals surface area contributed by atoms with Gasteiger partial charge in [0.05, 0.1) is 16.1 Å². The number of rotatable bonds is 3. The predicted octanol–water partition coefficient (Wildman–Crippen LogP) is 3.22. The third-order valence-electron chi connectivity index (χ3n) is 4.44. The van der Waals surface area contributed by atoms with E-state index in [1.165, 1.54) is 29.2 Å². The third kappa shape index (κ3) is 3.80. The Morgan fingerprint density at radius 2 is 1.81 bits per heavy atom. The lowest BCUT2D eigenvalue weighted by Gasteiger charge is -2.32. The number of amides is 2. The van der Waals surface area contributed by atoms with E-state index in [0.717, 1.165) is 0 Å². The monoisotopic (exact) mass is 376 g/mol. The number of carbonyl (C=O) groups excluding carboxylic acids is 2. The summed E-state index contributed by atoms with van der Waals surface area (Å²) in [5.74, 6) is -1.52. The highest BCUT2D eigenvalue weighted by Crippen LogP contribution is 2.23. The molecule has 0 radical (unpaired) electrons. The fourth-order valence-corrected chi connectivity index (χ4v) is 3.26. The van der Waals surface area contributed by atoms with Gasteiger partial charge in [0.1, 0.15) is 11.6 Å². The van der Waals surface area contributed by atoms with Crippen LogP contribution in [-0.4, -0.2) is 41.0 Å². The maximum atomic E-state index is 13.9. The first kappa shape index (κ1) is 18.2. The molecule has 1 aliphatic heterocycles. The predicted molar refractivity (Wildman–Crippen MR) is 95.9 cm³/mol. The van der Waals surface area contributed by atoms with Crippen LogP contribution in [0.4, 0.5) is 4.39 Å². The molecule has 26 heavy (non-hydrogen) atoms. The molecular formula is C19H18ClFN2O3. The van der Waals surface area contributed by atoms with Gasteiger partial charge in [0.15, 0.2) is 0 Å². The lowest BCUT2D eigenvalue weighted by atomic mass is 10.0. The molecule has 0 aromatic heterocycles. The molecule has 0 aliphatic carbocycles. The Morgan fingerprint density at radius 1 is 1.12 bits per heavy atom. The van der Waals surface area contributed by atoms with E-state index in [4.69, 9.17) is 11.6 Å². The summed E-state index contributed by atoms with van der Waals surface area (Å²) in [6.45, 7) is 0.768. The Balaban J connectivity index is 1.60. The van der Waals surface area contributed by atoms with E-state index in [2.05, 4.69) is 5.32 Å². The second-order valence-electron chi connectivity index (χ2n) is 6.15. The van der Waals surface area contributed by atoms with Gasteiger partial charge in [-0.25, -0.2) is 4.39 Å². The number of hydrogen-bond donors (Lipinski definition) is 2. The molecule has 0 unspecified atom stereocenters. The fourth-order valence-electron chi connectivity index (χ4n) is 3.02. The van der Waals surface area contributed by atoms with Crippen LogP contribution in [0.1, 0.15) is 33.6 Å². The van der Waals surface area contributed by atoms with Crippen molar-refractivity contribution in [1.29, 1.82) is 0 Å². The molecule has 1 heterocycles. The summed E-state index contributed by atoms with van der Waals surface area (Å²) in [6, 6.07) is 10.3. The summed E-state index contributed by atoms with van der Waals surface area (Å²) in [5, 5.41) is 12.7. The molecule has 0 atom stereocenters. The van der Waals surface area contributed by atoms with Crippen LogP contribution in [0.25, 0.3) is 0 Å². The van der Waals surface area contributed by atoms with Crippen LogP contribution in [0.2, 0.25) is 5.02 Å². The number of phenolic OH excluding ortho intramolecular Hbond substituents is 1. The fraction of sp³-hybridized carbons (Fsp3) is 0.263. The molecule has 1 aliphatic rings. The van der Waals surface area contributed by atoms with E-state index in [0.29, 0.717) is 25.9 Å². The maximum Gasteiger partial charge on any atom is 0.258 e. The van der Waals surface area contributed by atoms with E-state index in [1.54, 1.807) is 18.2 Å². The Kier molecular flexibility index (Phi) is 5.42. The molecule has 2 aromatic carbocycles. The molecular weight excluding hydrogens is 359 g/mol. The van der Waals surface area contributed by atoms with E-state index < -0.39 is 11.7 Å². The Morgan fingerprint density at radius 3 is 2.46 bits per heavy atom. The van der Waals surface area contributed by atoms with Crippen LogP contribution in [0.5, 0.6) is 5.75 Å². The number of benzene rings is 2. The minimum atomic E-state index is -0.641. The standard InChI is InChI=1S/C19H18ClFN2O3/c20-14-5-3-6-15(21)17(14)19(26)23-10-8-12(9-11-23)22-18(25)13-4-1-2-7-16(13)24/h1-7,12,24H,8-11H2,(H,22,25). The number of aromatic hydroxyl groups is 1. The first-order valence-corrected chi connectivity index (χ1v) is 8.67. The molecule has 0 spiro atoms. The smallest absolute Gasteiger partial charge is 0.258 e. The van der Waals surface area contributed by atoms with Gasteiger partial charge in [0, 0.05) is 19.1 Å². The van der Waals surface area contributed by atoms with Crippen molar-refractivity contribution < 1.29 is 19.1 Å². The van der Waals surface area contributed by atoms with Crippen molar-refractivity contribution in [1.82, 2.24) is 10.2 Å². The zero-order chi connectivity index (χ0) is 18.7. The van der Waals surface area contributed by atoms with Gasteiger partial charge in [-0.3, -0.25) is 9.59 Å². The molecule has 2 aromatic rings. The molecule has 136 valence electrons. The van der Waals surface area contributed by atoms with E-state index in [1.807, 2.05) is 0 Å². The highest BCUT2D eigenvalue weighted by atomic mass is 35.5. The summed E-state index contributed by atoms with van der Waals surface area (Å²) in [7, 11) is 0. The van der Waals surface area contributed by atoms with Gasteiger partial charge in [-0.15, -0.1) is 0 Å². The second-order valence-corrected chi connectivity index (χ2v) is 6.56. The van der Waals surface area contributed by atoms with Gasteiger partial charge in [0.25, 0.3) is 11.8 Å². The van der Waals surface area contributed by atoms with Gasteiger partial charge < -0.3 is 15.3 Å². The molecule has 5 nitrogen and oxygen atoms in total. The van der Waals surface area contributed by atoms with Crippen LogP contribution in [-0.2, 0) is 0 Å². The number of nitrogens with zero attached hydrogens (tertiary/aromatic N) is 1. The molecule has 0 saturated carbocycles. The summed E-state index contributed by atoms with van der Waals surface area (Å²) in [4.78, 5) is 26.3. The highest BCUT2D eigenvalue weighted by molar-refractivity contribution is 6.33. The van der Waals surface area contributed by atoms with Crippen molar-refractivity contribution in [2.45, 2.75) is 18.9 Å². The summed E-state index contributed by atoms with van der Waals surface area (Å²) in [6.07, 6.45) is 1.08. The van der Waals surface area contributed by atoms with E-state index in [9.17, 15) is 19.1 Å². The average Bonchev–Trinajstić information content (AvgIpc) is 2.62. The highest BCUT2D eigenvalue weighted by Gasteiger charge is 2.27. The van der Waals surface area contributed by atoms with E-state index >= 15 is 0 Å². The zero-order valence-corrected chi connectivity index (χ0v) is 14.7. The van der Waals surface area contributed by atoms with Gasteiger partial charge in [-0.05, 0) is 37.1 Å². The number of halogens is 2. The van der Waals surface area contributed by atoms with Crippen LogP contribution in [0.15, 0.2) is 42.5 Å². The third-order valence-corrected chi connectivity index (χ3v) is 4.76. The Labute approximate surface area is 155 Å². The lowest BCUT2D eigenvalue weighted by Crippen LogP contribution is -2.46. The van der Waals surface area contributed by atoms with Gasteiger partial charge >= 0.3 is 0 Å². The molecule has 1 fully saturated rings. The van der Waals surface area contributed by atoms with Gasteiger partial charge in [-0.1, -0.05) is 29.8 Å². The quantitative estimate of drug-likeness (QED) is 0.864. The molecule has 2 N–H and O–H groups in total. The molecule has 3 rings (SSSR count). The van der Waals surface area contributed by atoms with Crippen LogP contribution in [0.3, 0.4) is 0 Å². The molecule has 7 heteroatoms. The topological polar surface area (TPSA) is 69.6 Å². The molecule has 0 bridgehead atoms. The summed E-state index contributed by atoms with van der Waals surface area (Å²) in [5.41, 5.74) is 0.0926. The number of likely N-dealkylation sites (tertiary alicyclic amines) is 1. The van der Waals surface area contributed by atoms with Crippen LogP contribution in [0, 0.1) is 5.82 Å². The van der Waals surface area contributed by atoms with Gasteiger partial charge in [0.2, 0.25) is 0 Å². The van der Waals surface area contributed by atoms with Crippen LogP contribution >= 0.6 is 11.6 Å². The first-order valence-electron chi connectivity index (χ1n) is 8.29. The summed E-state index contributed by atoms with van der Waals surface area (Å²) < 4.78 is 13.9. The van der Waals surface area contributed by atoms with Crippen LogP contribution < -0.4 is 5.32 Å².